The minimum absolute atomic E-state index is 0.00714. The van der Waals surface area contributed by atoms with Gasteiger partial charge < -0.3 is 20.1 Å². The number of carbonyl (C=O) groups excluding carboxylic acids is 1. The van der Waals surface area contributed by atoms with Crippen LogP contribution in [0, 0.1) is 0 Å². The molecule has 0 saturated carbocycles. The summed E-state index contributed by atoms with van der Waals surface area (Å²) in [7, 11) is 0. The van der Waals surface area contributed by atoms with E-state index in [1.54, 1.807) is 0 Å². The van der Waals surface area contributed by atoms with Gasteiger partial charge in [0.05, 0.1) is 0 Å². The first-order chi connectivity index (χ1) is 15.7. The molecule has 33 heavy (non-hydrogen) atoms. The van der Waals surface area contributed by atoms with Crippen LogP contribution in [0.5, 0.6) is 5.75 Å². The summed E-state index contributed by atoms with van der Waals surface area (Å²) < 4.78 is 37.5. The van der Waals surface area contributed by atoms with E-state index in [0.717, 1.165) is 50.5 Å². The maximum absolute atomic E-state index is 12.4. The highest BCUT2D eigenvalue weighted by atomic mass is 19.4. The quantitative estimate of drug-likeness (QED) is 0.598. The summed E-state index contributed by atoms with van der Waals surface area (Å²) in [5, 5.41) is 10.5. The summed E-state index contributed by atoms with van der Waals surface area (Å²) in [6.45, 7) is 8.27. The number of fused-ring (bicyclic) bond motifs is 1. The van der Waals surface area contributed by atoms with Gasteiger partial charge in [0.25, 0.3) is 0 Å². The average molecular weight is 467 g/mol. The van der Waals surface area contributed by atoms with Crippen molar-refractivity contribution in [2.45, 2.75) is 32.9 Å². The molecule has 0 bridgehead atoms. The van der Waals surface area contributed by atoms with Crippen LogP contribution >= 0.6 is 0 Å². The first kappa shape index (κ1) is 26.2. The van der Waals surface area contributed by atoms with Crippen LogP contribution in [0.4, 0.5) is 18.9 Å². The van der Waals surface area contributed by atoms with Crippen molar-refractivity contribution in [2.75, 3.05) is 37.7 Å². The second-order valence-electron chi connectivity index (χ2n) is 7.41. The molecule has 3 rings (SSSR count). The predicted molar refractivity (Wildman–Crippen MR) is 120 cm³/mol. The molecule has 0 radical (unpaired) electrons. The smallest absolute Gasteiger partial charge is 0.485 e. The van der Waals surface area contributed by atoms with E-state index < -0.39 is 12.1 Å². The molecule has 0 saturated heterocycles. The molecule has 2 N–H and O–H groups in total. The number of halogens is 3. The molecule has 0 aromatic heterocycles. The third kappa shape index (κ3) is 8.09. The number of carboxylic acid groups (broad SMARTS) is 1. The van der Waals surface area contributed by atoms with E-state index >= 15 is 0 Å². The van der Waals surface area contributed by atoms with E-state index in [0.29, 0.717) is 5.56 Å². The number of ketones is 1. The number of carboxylic acids is 1. The van der Waals surface area contributed by atoms with Crippen molar-refractivity contribution in [2.24, 2.45) is 0 Å². The lowest BCUT2D eigenvalue weighted by Crippen LogP contribution is -2.21. The molecule has 0 amide bonds. The van der Waals surface area contributed by atoms with Crippen LogP contribution in [0.2, 0.25) is 0 Å². The number of hydrogen-bond donors (Lipinski definition) is 2. The number of ether oxygens (including phenoxy) is 1. The van der Waals surface area contributed by atoms with E-state index in [4.69, 9.17) is 14.6 Å². The Morgan fingerprint density at radius 3 is 2.12 bits per heavy atom. The number of nitrogens with zero attached hydrogens (tertiary/aromatic N) is 1. The molecule has 1 aliphatic heterocycles. The maximum Gasteiger partial charge on any atom is 0.490 e. The summed E-state index contributed by atoms with van der Waals surface area (Å²) in [6, 6.07) is 14.0. The van der Waals surface area contributed by atoms with Gasteiger partial charge in [-0.15, -0.1) is 0 Å². The molecule has 0 atom stereocenters. The molecule has 0 aliphatic carbocycles. The van der Waals surface area contributed by atoms with Gasteiger partial charge >= 0.3 is 12.1 Å². The lowest BCUT2D eigenvalue weighted by molar-refractivity contribution is -0.192. The average Bonchev–Trinajstić information content (AvgIpc) is 3.03. The van der Waals surface area contributed by atoms with Crippen molar-refractivity contribution in [3.63, 3.8) is 0 Å². The number of Topliss-reactive ketones (excluding diaryl/α,β-unsaturated/α-hetero) is 1. The van der Waals surface area contributed by atoms with Crippen molar-refractivity contribution in [3.8, 4) is 5.75 Å². The van der Waals surface area contributed by atoms with Crippen molar-refractivity contribution < 1.29 is 32.6 Å². The number of aliphatic carboxylic acids is 1. The molecule has 1 aliphatic rings. The highest BCUT2D eigenvalue weighted by molar-refractivity contribution is 5.97. The van der Waals surface area contributed by atoms with Gasteiger partial charge in [0.2, 0.25) is 0 Å². The molecular weight excluding hydrogens is 437 g/mol. The molecule has 0 spiro atoms. The lowest BCUT2D eigenvalue weighted by Gasteiger charge is -2.21. The number of alkyl halides is 3. The van der Waals surface area contributed by atoms with Gasteiger partial charge in [-0.05, 0) is 87.3 Å². The van der Waals surface area contributed by atoms with E-state index in [2.05, 4.69) is 36.2 Å². The Morgan fingerprint density at radius 2 is 1.58 bits per heavy atom. The topological polar surface area (TPSA) is 78.9 Å². The second-order valence-corrected chi connectivity index (χ2v) is 7.41. The third-order valence-corrected chi connectivity index (χ3v) is 5.25. The Bertz CT molecular complexity index is 926. The molecule has 6 nitrogen and oxygen atoms in total. The molecule has 0 unspecified atom stereocenters. The molecule has 2 aromatic carbocycles. The van der Waals surface area contributed by atoms with Crippen LogP contribution < -0.4 is 15.0 Å². The van der Waals surface area contributed by atoms with Crippen molar-refractivity contribution in [1.29, 1.82) is 0 Å². The summed E-state index contributed by atoms with van der Waals surface area (Å²) in [5.41, 5.74) is 4.54. The van der Waals surface area contributed by atoms with E-state index in [9.17, 15) is 18.0 Å². The Labute approximate surface area is 191 Å². The standard InChI is InChI=1S/C22H28N2O2.C2HF3O2/c1-3-24(4-2)20-8-5-18(6-9-20)22(25)16-26-21-10-7-17-11-13-23-14-12-19(17)15-21;3-2(4,5)1(6)7/h5-10,15,23H,3-4,11-14,16H2,1-2H3;(H,6,7). The van der Waals surface area contributed by atoms with Crippen molar-refractivity contribution in [3.05, 3.63) is 59.2 Å². The van der Waals surface area contributed by atoms with E-state index in [1.165, 1.54) is 11.1 Å². The Kier molecular flexibility index (Phi) is 9.72. The fourth-order valence-corrected chi connectivity index (χ4v) is 3.42. The van der Waals surface area contributed by atoms with Gasteiger partial charge in [-0.3, -0.25) is 4.79 Å². The number of hydrogen-bond acceptors (Lipinski definition) is 5. The van der Waals surface area contributed by atoms with Gasteiger partial charge in [0.15, 0.2) is 12.4 Å². The highest BCUT2D eigenvalue weighted by Crippen LogP contribution is 2.21. The van der Waals surface area contributed by atoms with Gasteiger partial charge in [-0.2, -0.15) is 13.2 Å². The fraction of sp³-hybridized carbons (Fsp3) is 0.417. The first-order valence-corrected chi connectivity index (χ1v) is 10.8. The fourth-order valence-electron chi connectivity index (χ4n) is 3.42. The second kappa shape index (κ2) is 12.2. The lowest BCUT2D eigenvalue weighted by atomic mass is 10.0. The SMILES string of the molecule is CCN(CC)c1ccc(C(=O)COc2ccc3c(c2)CCNCC3)cc1.O=C(O)C(F)(F)F. The van der Waals surface area contributed by atoms with Gasteiger partial charge in [-0.1, -0.05) is 6.07 Å². The monoisotopic (exact) mass is 466 g/mol. The van der Waals surface area contributed by atoms with Crippen LogP contribution in [0.25, 0.3) is 0 Å². The minimum Gasteiger partial charge on any atom is -0.485 e. The van der Waals surface area contributed by atoms with E-state index in [1.807, 2.05) is 30.3 Å². The summed E-state index contributed by atoms with van der Waals surface area (Å²) in [5.74, 6) is -1.97. The Balaban J connectivity index is 0.000000479. The Morgan fingerprint density at radius 1 is 1.00 bits per heavy atom. The van der Waals surface area contributed by atoms with Gasteiger partial charge in [0, 0.05) is 24.3 Å². The van der Waals surface area contributed by atoms with Crippen LogP contribution in [-0.4, -0.2) is 55.8 Å². The van der Waals surface area contributed by atoms with Crippen LogP contribution in [0.15, 0.2) is 42.5 Å². The number of benzene rings is 2. The highest BCUT2D eigenvalue weighted by Gasteiger charge is 2.38. The summed E-state index contributed by atoms with van der Waals surface area (Å²) in [4.78, 5) is 23.6. The number of nitrogens with one attached hydrogen (secondary N) is 1. The third-order valence-electron chi connectivity index (χ3n) is 5.25. The van der Waals surface area contributed by atoms with E-state index in [-0.39, 0.29) is 12.4 Å². The minimum atomic E-state index is -5.08. The summed E-state index contributed by atoms with van der Waals surface area (Å²) in [6.07, 6.45) is -3.03. The van der Waals surface area contributed by atoms with Crippen LogP contribution in [-0.2, 0) is 17.6 Å². The number of anilines is 1. The van der Waals surface area contributed by atoms with Gasteiger partial charge in [0.1, 0.15) is 5.75 Å². The van der Waals surface area contributed by atoms with Crippen LogP contribution in [0.3, 0.4) is 0 Å². The molecular formula is C24H29F3N2O4. The number of carbonyl (C=O) groups is 2. The first-order valence-electron chi connectivity index (χ1n) is 10.8. The van der Waals surface area contributed by atoms with Crippen LogP contribution in [0.1, 0.15) is 35.3 Å². The van der Waals surface area contributed by atoms with Gasteiger partial charge in [-0.25, -0.2) is 4.79 Å². The normalized spacial score (nSPS) is 13.1. The Hall–Kier alpha value is -3.07. The molecule has 2 aromatic rings. The molecule has 0 fully saturated rings. The zero-order valence-corrected chi connectivity index (χ0v) is 18.7. The zero-order valence-electron chi connectivity index (χ0n) is 18.7. The van der Waals surface area contributed by atoms with Crippen molar-refractivity contribution in [1.82, 2.24) is 5.32 Å². The summed E-state index contributed by atoms with van der Waals surface area (Å²) >= 11 is 0. The molecule has 180 valence electrons. The maximum atomic E-state index is 12.4. The predicted octanol–water partition coefficient (Wildman–Crippen LogP) is 4.12. The number of rotatable bonds is 7. The molecule has 1 heterocycles. The zero-order chi connectivity index (χ0) is 24.4. The molecule has 9 heteroatoms. The van der Waals surface area contributed by atoms with Crippen molar-refractivity contribution >= 4 is 17.4 Å². The largest absolute Gasteiger partial charge is 0.490 e.